The van der Waals surface area contributed by atoms with E-state index in [1.54, 1.807) is 14.2 Å². The van der Waals surface area contributed by atoms with Gasteiger partial charge in [0, 0.05) is 49.7 Å². The van der Waals surface area contributed by atoms with Gasteiger partial charge in [-0.2, -0.15) is 0 Å². The first kappa shape index (κ1) is 20.6. The average Bonchev–Trinajstić information content (AvgIpc) is 2.71. The molecule has 0 radical (unpaired) electrons. The molecule has 0 saturated carbocycles. The summed E-state index contributed by atoms with van der Waals surface area (Å²) in [5.74, 6) is 2.88. The maximum atomic E-state index is 9.18. The van der Waals surface area contributed by atoms with Gasteiger partial charge in [-0.15, -0.1) is 0 Å². The van der Waals surface area contributed by atoms with E-state index in [9.17, 15) is 5.11 Å². The molecule has 7 nitrogen and oxygen atoms in total. The second-order valence-electron chi connectivity index (χ2n) is 7.59. The topological polar surface area (TPSA) is 79.7 Å². The summed E-state index contributed by atoms with van der Waals surface area (Å²) in [5, 5.41) is 13.8. The first-order valence-corrected chi connectivity index (χ1v) is 10.1. The summed E-state index contributed by atoms with van der Waals surface area (Å²) in [4.78, 5) is 12.0. The fraction of sp³-hybridized carbons (Fsp3) is 0.619. The number of aromatic nitrogens is 2. The molecule has 7 heteroatoms. The largest absolute Gasteiger partial charge is 0.493 e. The number of rotatable bonds is 8. The van der Waals surface area contributed by atoms with Crippen molar-refractivity contribution < 1.29 is 14.6 Å². The number of likely N-dealkylation sites (tertiary alicyclic amines) is 1. The molecule has 154 valence electrons. The molecule has 1 aliphatic rings. The molecule has 1 aliphatic heterocycles. The zero-order chi connectivity index (χ0) is 20.1. The Hall–Kier alpha value is -2.12. The van der Waals surface area contributed by atoms with Crippen molar-refractivity contribution >= 4 is 16.7 Å². The molecule has 0 unspecified atom stereocenters. The predicted octanol–water partition coefficient (Wildman–Crippen LogP) is 2.86. The number of hydrogen-bond donors (Lipinski definition) is 2. The van der Waals surface area contributed by atoms with Gasteiger partial charge in [-0.05, 0) is 39.2 Å². The van der Waals surface area contributed by atoms with E-state index < -0.39 is 0 Å². The van der Waals surface area contributed by atoms with Gasteiger partial charge in [0.05, 0.1) is 19.7 Å². The fourth-order valence-electron chi connectivity index (χ4n) is 3.72. The molecule has 0 amide bonds. The highest BCUT2D eigenvalue weighted by atomic mass is 16.5. The lowest BCUT2D eigenvalue weighted by Crippen LogP contribution is -2.42. The molecule has 0 spiro atoms. The minimum atomic E-state index is 0.129. The van der Waals surface area contributed by atoms with Crippen molar-refractivity contribution in [1.29, 1.82) is 0 Å². The zero-order valence-electron chi connectivity index (χ0n) is 17.4. The summed E-state index contributed by atoms with van der Waals surface area (Å²) in [6.07, 6.45) is 3.46. The van der Waals surface area contributed by atoms with Crippen molar-refractivity contribution in [3.8, 4) is 11.5 Å². The number of ether oxygens (including phenoxy) is 2. The first-order chi connectivity index (χ1) is 13.5. The molecule has 2 aromatic rings. The van der Waals surface area contributed by atoms with Crippen LogP contribution < -0.4 is 14.8 Å². The van der Waals surface area contributed by atoms with E-state index >= 15 is 0 Å². The Labute approximate surface area is 167 Å². The second-order valence-corrected chi connectivity index (χ2v) is 7.59. The molecule has 0 aliphatic carbocycles. The molecular formula is C21H32N4O3. The number of aliphatic hydroxyl groups excluding tert-OH is 1. The van der Waals surface area contributed by atoms with Crippen LogP contribution in [-0.2, 0) is 6.42 Å². The minimum absolute atomic E-state index is 0.129. The number of fused-ring (bicyclic) bond motifs is 1. The average molecular weight is 389 g/mol. The molecule has 0 bridgehead atoms. The van der Waals surface area contributed by atoms with E-state index in [1.165, 1.54) is 0 Å². The van der Waals surface area contributed by atoms with E-state index in [2.05, 4.69) is 29.0 Å². The molecule has 1 saturated heterocycles. The Morgan fingerprint density at radius 2 is 1.82 bits per heavy atom. The minimum Gasteiger partial charge on any atom is -0.493 e. The van der Waals surface area contributed by atoms with E-state index in [0.29, 0.717) is 36.4 Å². The molecule has 1 aromatic carbocycles. The Morgan fingerprint density at radius 3 is 2.43 bits per heavy atom. The number of aryl methyl sites for hydroxylation is 1. The number of nitrogens with zero attached hydrogens (tertiary/aromatic N) is 3. The van der Waals surface area contributed by atoms with Gasteiger partial charge in [-0.25, -0.2) is 9.97 Å². The Kier molecular flexibility index (Phi) is 6.91. The van der Waals surface area contributed by atoms with Crippen LogP contribution in [0.5, 0.6) is 11.5 Å². The molecule has 2 heterocycles. The van der Waals surface area contributed by atoms with Crippen LogP contribution in [0.2, 0.25) is 0 Å². The van der Waals surface area contributed by atoms with Gasteiger partial charge in [-0.3, -0.25) is 0 Å². The van der Waals surface area contributed by atoms with Gasteiger partial charge in [0.15, 0.2) is 11.5 Å². The first-order valence-electron chi connectivity index (χ1n) is 10.1. The van der Waals surface area contributed by atoms with Crippen LogP contribution in [0.1, 0.15) is 38.9 Å². The van der Waals surface area contributed by atoms with Gasteiger partial charge < -0.3 is 24.8 Å². The van der Waals surface area contributed by atoms with Crippen molar-refractivity contribution in [3.05, 3.63) is 18.0 Å². The molecule has 1 aromatic heterocycles. The van der Waals surface area contributed by atoms with Crippen LogP contribution in [-0.4, -0.2) is 66.0 Å². The monoisotopic (exact) mass is 388 g/mol. The summed E-state index contributed by atoms with van der Waals surface area (Å²) in [6.45, 7) is 6.81. The third-order valence-electron chi connectivity index (χ3n) is 5.41. The predicted molar refractivity (Wildman–Crippen MR) is 111 cm³/mol. The standard InChI is InChI=1S/C21H32N4O3/c1-14(2)25-9-7-15(8-10-25)22-21-16-12-18(27-3)19(28-4)13-17(16)23-20(24-21)6-5-11-26/h12-15,26H,5-11H2,1-4H3,(H,22,23,24). The van der Waals surface area contributed by atoms with Crippen LogP contribution in [0.4, 0.5) is 5.82 Å². The normalized spacial score (nSPS) is 15.9. The van der Waals surface area contributed by atoms with Gasteiger partial charge in [0.2, 0.25) is 0 Å². The van der Waals surface area contributed by atoms with Gasteiger partial charge in [-0.1, -0.05) is 0 Å². The third kappa shape index (κ3) is 4.64. The van der Waals surface area contributed by atoms with Crippen molar-refractivity contribution in [2.45, 2.75) is 51.6 Å². The number of hydrogen-bond acceptors (Lipinski definition) is 7. The van der Waals surface area contributed by atoms with E-state index in [4.69, 9.17) is 14.5 Å². The highest BCUT2D eigenvalue weighted by molar-refractivity contribution is 5.92. The lowest BCUT2D eigenvalue weighted by molar-refractivity contribution is 0.177. The number of nitrogens with one attached hydrogen (secondary N) is 1. The molecule has 3 rings (SSSR count). The van der Waals surface area contributed by atoms with Gasteiger partial charge in [0.25, 0.3) is 0 Å². The van der Waals surface area contributed by atoms with Crippen molar-refractivity contribution in [1.82, 2.24) is 14.9 Å². The Bertz CT molecular complexity index is 789. The SMILES string of the molecule is COc1cc2nc(CCCO)nc(NC3CCN(C(C)C)CC3)c2cc1OC. The third-order valence-corrected chi connectivity index (χ3v) is 5.41. The summed E-state index contributed by atoms with van der Waals surface area (Å²) in [6, 6.07) is 4.80. The van der Waals surface area contributed by atoms with Crippen LogP contribution >= 0.6 is 0 Å². The van der Waals surface area contributed by atoms with Crippen LogP contribution in [0.15, 0.2) is 12.1 Å². The maximum absolute atomic E-state index is 9.18. The molecule has 1 fully saturated rings. The number of anilines is 1. The Balaban J connectivity index is 1.91. The quantitative estimate of drug-likeness (QED) is 0.720. The van der Waals surface area contributed by atoms with E-state index in [1.807, 2.05) is 12.1 Å². The summed E-state index contributed by atoms with van der Waals surface area (Å²) >= 11 is 0. The lowest BCUT2D eigenvalue weighted by atomic mass is 10.0. The highest BCUT2D eigenvalue weighted by Gasteiger charge is 2.22. The number of aliphatic hydroxyl groups is 1. The van der Waals surface area contributed by atoms with Crippen LogP contribution in [0.3, 0.4) is 0 Å². The fourth-order valence-corrected chi connectivity index (χ4v) is 3.72. The number of piperidine rings is 1. The Morgan fingerprint density at radius 1 is 1.14 bits per heavy atom. The molecular weight excluding hydrogens is 356 g/mol. The van der Waals surface area contributed by atoms with Crippen LogP contribution in [0.25, 0.3) is 10.9 Å². The summed E-state index contributed by atoms with van der Waals surface area (Å²) in [7, 11) is 3.26. The van der Waals surface area contributed by atoms with Crippen LogP contribution in [0, 0.1) is 0 Å². The lowest BCUT2D eigenvalue weighted by Gasteiger charge is -2.35. The van der Waals surface area contributed by atoms with E-state index in [-0.39, 0.29) is 6.61 Å². The number of benzene rings is 1. The smallest absolute Gasteiger partial charge is 0.162 e. The second kappa shape index (κ2) is 9.39. The van der Waals surface area contributed by atoms with Crippen molar-refractivity contribution in [3.63, 3.8) is 0 Å². The molecule has 2 N–H and O–H groups in total. The zero-order valence-corrected chi connectivity index (χ0v) is 17.4. The summed E-state index contributed by atoms with van der Waals surface area (Å²) < 4.78 is 10.9. The number of methoxy groups -OCH3 is 2. The molecule has 0 atom stereocenters. The van der Waals surface area contributed by atoms with Crippen molar-refractivity contribution in [2.75, 3.05) is 39.2 Å². The summed E-state index contributed by atoms with van der Waals surface area (Å²) in [5.41, 5.74) is 0.822. The van der Waals surface area contributed by atoms with Gasteiger partial charge in [0.1, 0.15) is 11.6 Å². The molecule has 28 heavy (non-hydrogen) atoms. The van der Waals surface area contributed by atoms with Gasteiger partial charge >= 0.3 is 0 Å². The van der Waals surface area contributed by atoms with Crippen molar-refractivity contribution in [2.24, 2.45) is 0 Å². The highest BCUT2D eigenvalue weighted by Crippen LogP contribution is 2.34. The maximum Gasteiger partial charge on any atom is 0.162 e. The van der Waals surface area contributed by atoms with E-state index in [0.717, 1.165) is 48.5 Å².